The average Bonchev–Trinajstić information content (AvgIpc) is 2.84. The van der Waals surface area contributed by atoms with E-state index < -0.39 is 10.0 Å². The van der Waals surface area contributed by atoms with Crippen LogP contribution in [0.2, 0.25) is 0 Å². The van der Waals surface area contributed by atoms with Crippen LogP contribution in [0.5, 0.6) is 0 Å². The molecule has 0 amide bonds. The summed E-state index contributed by atoms with van der Waals surface area (Å²) in [5.74, 6) is 0.314. The Hall–Kier alpha value is -1.86. The van der Waals surface area contributed by atoms with E-state index in [9.17, 15) is 8.42 Å². The number of anilines is 1. The Morgan fingerprint density at radius 1 is 1.24 bits per heavy atom. The highest BCUT2D eigenvalue weighted by Crippen LogP contribution is 2.18. The molecule has 0 bridgehead atoms. The number of benzene rings is 1. The Morgan fingerprint density at radius 2 is 2.00 bits per heavy atom. The Kier molecular flexibility index (Phi) is 4.98. The Morgan fingerprint density at radius 3 is 2.67 bits per heavy atom. The van der Waals surface area contributed by atoms with Crippen molar-refractivity contribution >= 4 is 15.8 Å². The van der Waals surface area contributed by atoms with E-state index in [2.05, 4.69) is 22.1 Å². The molecule has 21 heavy (non-hydrogen) atoms. The van der Waals surface area contributed by atoms with Crippen molar-refractivity contribution < 1.29 is 8.42 Å². The highest BCUT2D eigenvalue weighted by atomic mass is 32.2. The van der Waals surface area contributed by atoms with E-state index in [0.29, 0.717) is 12.4 Å². The van der Waals surface area contributed by atoms with Crippen molar-refractivity contribution in [1.29, 1.82) is 0 Å². The van der Waals surface area contributed by atoms with Crippen LogP contribution in [0.25, 0.3) is 0 Å². The quantitative estimate of drug-likeness (QED) is 0.764. The molecule has 0 aliphatic rings. The zero-order valence-corrected chi connectivity index (χ0v) is 13.0. The van der Waals surface area contributed by atoms with Gasteiger partial charge in [0.25, 0.3) is 10.0 Å². The van der Waals surface area contributed by atoms with Gasteiger partial charge in [0.05, 0.1) is 4.90 Å². The second kappa shape index (κ2) is 6.73. The molecule has 0 aliphatic heterocycles. The standard InChI is InChI=1S/C14H20N4O2S/c1-3-9-15-11-12-6-4-5-7-13(12)21(19,20)17-14-8-10-18(2)16-14/h4-8,10,15H,3,9,11H2,1-2H3,(H,16,17). The molecule has 7 heteroatoms. The van der Waals surface area contributed by atoms with E-state index in [-0.39, 0.29) is 4.90 Å². The second-order valence-corrected chi connectivity index (χ2v) is 6.42. The summed E-state index contributed by atoms with van der Waals surface area (Å²) in [5, 5.41) is 7.26. The Balaban J connectivity index is 2.23. The van der Waals surface area contributed by atoms with Crippen LogP contribution in [0.4, 0.5) is 5.82 Å². The van der Waals surface area contributed by atoms with Gasteiger partial charge in [-0.25, -0.2) is 8.42 Å². The molecule has 1 aromatic heterocycles. The van der Waals surface area contributed by atoms with Gasteiger partial charge in [-0.3, -0.25) is 9.40 Å². The number of aromatic nitrogens is 2. The number of hydrogen-bond donors (Lipinski definition) is 2. The normalized spacial score (nSPS) is 11.5. The van der Waals surface area contributed by atoms with Crippen LogP contribution in [-0.2, 0) is 23.6 Å². The summed E-state index contributed by atoms with van der Waals surface area (Å²) in [5.41, 5.74) is 0.745. The number of aryl methyl sites for hydroxylation is 1. The van der Waals surface area contributed by atoms with Crippen molar-refractivity contribution in [2.45, 2.75) is 24.8 Å². The number of sulfonamides is 1. The highest BCUT2D eigenvalue weighted by molar-refractivity contribution is 7.92. The minimum atomic E-state index is -3.63. The van der Waals surface area contributed by atoms with Gasteiger partial charge in [-0.15, -0.1) is 0 Å². The lowest BCUT2D eigenvalue weighted by molar-refractivity contribution is 0.597. The van der Waals surface area contributed by atoms with Gasteiger partial charge in [0.2, 0.25) is 0 Å². The molecule has 0 radical (unpaired) electrons. The van der Waals surface area contributed by atoms with Crippen molar-refractivity contribution in [2.75, 3.05) is 11.3 Å². The minimum Gasteiger partial charge on any atom is -0.313 e. The summed E-state index contributed by atoms with van der Waals surface area (Å²) >= 11 is 0. The van der Waals surface area contributed by atoms with E-state index in [1.807, 2.05) is 12.1 Å². The first-order valence-corrected chi connectivity index (χ1v) is 8.32. The largest absolute Gasteiger partial charge is 0.313 e. The van der Waals surface area contributed by atoms with Crippen LogP contribution in [0.1, 0.15) is 18.9 Å². The van der Waals surface area contributed by atoms with Crippen LogP contribution >= 0.6 is 0 Å². The van der Waals surface area contributed by atoms with Gasteiger partial charge in [0, 0.05) is 25.9 Å². The fourth-order valence-corrected chi connectivity index (χ4v) is 3.21. The molecule has 0 saturated carbocycles. The summed E-state index contributed by atoms with van der Waals surface area (Å²) in [6.45, 7) is 3.44. The summed E-state index contributed by atoms with van der Waals surface area (Å²) < 4.78 is 29.0. The number of nitrogens with zero attached hydrogens (tertiary/aromatic N) is 2. The molecule has 114 valence electrons. The third kappa shape index (κ3) is 4.05. The zero-order valence-electron chi connectivity index (χ0n) is 12.2. The van der Waals surface area contributed by atoms with Gasteiger partial charge in [0.1, 0.15) is 0 Å². The van der Waals surface area contributed by atoms with Gasteiger partial charge in [-0.05, 0) is 24.6 Å². The third-order valence-electron chi connectivity index (χ3n) is 2.96. The maximum absolute atomic E-state index is 12.5. The zero-order chi connectivity index (χ0) is 15.3. The predicted molar refractivity (Wildman–Crippen MR) is 82.5 cm³/mol. The van der Waals surface area contributed by atoms with Crippen LogP contribution < -0.4 is 10.0 Å². The molecule has 0 spiro atoms. The first-order chi connectivity index (χ1) is 10.0. The molecule has 0 unspecified atom stereocenters. The average molecular weight is 308 g/mol. The molecule has 2 aromatic rings. The van der Waals surface area contributed by atoms with Gasteiger partial charge >= 0.3 is 0 Å². The van der Waals surface area contributed by atoms with E-state index in [4.69, 9.17) is 0 Å². The third-order valence-corrected chi connectivity index (χ3v) is 4.41. The van der Waals surface area contributed by atoms with E-state index in [1.54, 1.807) is 36.1 Å². The summed E-state index contributed by atoms with van der Waals surface area (Å²) in [6, 6.07) is 8.60. The summed E-state index contributed by atoms with van der Waals surface area (Å²) in [6.07, 6.45) is 2.69. The lowest BCUT2D eigenvalue weighted by Crippen LogP contribution is -2.19. The topological polar surface area (TPSA) is 76.0 Å². The Labute approximate surface area is 125 Å². The van der Waals surface area contributed by atoms with Crippen molar-refractivity contribution in [3.63, 3.8) is 0 Å². The van der Waals surface area contributed by atoms with Crippen molar-refractivity contribution in [2.24, 2.45) is 7.05 Å². The van der Waals surface area contributed by atoms with Crippen LogP contribution in [0, 0.1) is 0 Å². The summed E-state index contributed by atoms with van der Waals surface area (Å²) in [7, 11) is -1.90. The molecule has 6 nitrogen and oxygen atoms in total. The fourth-order valence-electron chi connectivity index (χ4n) is 1.97. The molecule has 0 aliphatic carbocycles. The fraction of sp³-hybridized carbons (Fsp3) is 0.357. The van der Waals surface area contributed by atoms with Crippen molar-refractivity contribution in [1.82, 2.24) is 15.1 Å². The van der Waals surface area contributed by atoms with Crippen molar-refractivity contribution in [3.8, 4) is 0 Å². The maximum Gasteiger partial charge on any atom is 0.263 e. The molecule has 1 aromatic carbocycles. The van der Waals surface area contributed by atoms with E-state index in [1.165, 1.54) is 0 Å². The maximum atomic E-state index is 12.5. The van der Waals surface area contributed by atoms with Crippen LogP contribution in [0.3, 0.4) is 0 Å². The molecule has 0 fully saturated rings. The summed E-state index contributed by atoms with van der Waals surface area (Å²) in [4.78, 5) is 0.277. The lowest BCUT2D eigenvalue weighted by atomic mass is 10.2. The van der Waals surface area contributed by atoms with Gasteiger partial charge in [-0.2, -0.15) is 5.10 Å². The predicted octanol–water partition coefficient (Wildman–Crippen LogP) is 1.72. The minimum absolute atomic E-state index is 0.277. The molecule has 0 atom stereocenters. The molecule has 2 rings (SSSR count). The smallest absolute Gasteiger partial charge is 0.263 e. The van der Waals surface area contributed by atoms with Crippen LogP contribution in [0.15, 0.2) is 41.4 Å². The van der Waals surface area contributed by atoms with Crippen LogP contribution in [-0.4, -0.2) is 24.7 Å². The molecule has 1 heterocycles. The SMILES string of the molecule is CCCNCc1ccccc1S(=O)(=O)Nc1ccn(C)n1. The van der Waals surface area contributed by atoms with Crippen molar-refractivity contribution in [3.05, 3.63) is 42.1 Å². The van der Waals surface area contributed by atoms with Gasteiger partial charge in [0.15, 0.2) is 5.82 Å². The van der Waals surface area contributed by atoms with Gasteiger partial charge < -0.3 is 5.32 Å². The van der Waals surface area contributed by atoms with E-state index >= 15 is 0 Å². The monoisotopic (exact) mass is 308 g/mol. The number of hydrogen-bond acceptors (Lipinski definition) is 4. The number of rotatable bonds is 7. The van der Waals surface area contributed by atoms with E-state index in [0.717, 1.165) is 18.5 Å². The molecule has 0 saturated heterocycles. The number of nitrogens with one attached hydrogen (secondary N) is 2. The molecule has 2 N–H and O–H groups in total. The molecular formula is C14H20N4O2S. The first kappa shape index (κ1) is 15.5. The Bertz CT molecular complexity index is 695. The second-order valence-electron chi connectivity index (χ2n) is 4.76. The molecular weight excluding hydrogens is 288 g/mol. The van der Waals surface area contributed by atoms with Gasteiger partial charge in [-0.1, -0.05) is 25.1 Å². The lowest BCUT2D eigenvalue weighted by Gasteiger charge is -2.11. The highest BCUT2D eigenvalue weighted by Gasteiger charge is 2.18. The first-order valence-electron chi connectivity index (χ1n) is 6.84.